The number of amides is 1. The van der Waals surface area contributed by atoms with E-state index in [9.17, 15) is 13.6 Å². The quantitative estimate of drug-likeness (QED) is 0.918. The third-order valence-corrected chi connectivity index (χ3v) is 5.25. The first-order valence-corrected chi connectivity index (χ1v) is 8.74. The van der Waals surface area contributed by atoms with Crippen LogP contribution in [0.4, 0.5) is 8.78 Å². The minimum atomic E-state index is -0.816. The molecule has 6 heteroatoms. The minimum absolute atomic E-state index is 0.0232. The molecule has 2 aliphatic heterocycles. The normalized spacial score (nSPS) is 30.2. The molecule has 0 bridgehead atoms. The lowest BCUT2D eigenvalue weighted by atomic mass is 9.98. The Morgan fingerprint density at radius 1 is 1.17 bits per heavy atom. The number of hydrogen-bond donors (Lipinski definition) is 1. The second-order valence-corrected chi connectivity index (χ2v) is 7.10. The number of halogens is 2. The molecule has 1 saturated carbocycles. The summed E-state index contributed by atoms with van der Waals surface area (Å²) in [7, 11) is 0. The summed E-state index contributed by atoms with van der Waals surface area (Å²) in [5, 5.41) is 3.01. The molecular weight excluding hydrogens is 314 g/mol. The minimum Gasteiger partial charge on any atom is -0.363 e. The van der Waals surface area contributed by atoms with Gasteiger partial charge in [-0.05, 0) is 49.8 Å². The summed E-state index contributed by atoms with van der Waals surface area (Å²) >= 11 is 0. The third kappa shape index (κ3) is 3.30. The average Bonchev–Trinajstić information content (AvgIpc) is 3.30. The molecule has 4 rings (SSSR count). The predicted octanol–water partition coefficient (Wildman–Crippen LogP) is 2.37. The summed E-state index contributed by atoms with van der Waals surface area (Å²) in [6, 6.07) is 4.67. The number of carbonyl (C=O) groups is 1. The van der Waals surface area contributed by atoms with Crippen LogP contribution in [-0.2, 0) is 16.1 Å². The van der Waals surface area contributed by atoms with Crippen LogP contribution < -0.4 is 5.32 Å². The third-order valence-electron chi connectivity index (χ3n) is 5.25. The van der Waals surface area contributed by atoms with E-state index in [0.717, 1.165) is 37.8 Å². The SMILES string of the molecule is O=C(NC1CC1)[C@H]1CC[C@@H]2[C@@H](CCN2Cc2ccc(F)c(F)c2)O1. The Morgan fingerprint density at radius 2 is 2.00 bits per heavy atom. The fraction of sp³-hybridized carbons (Fsp3) is 0.611. The van der Waals surface area contributed by atoms with Gasteiger partial charge in [0.05, 0.1) is 6.10 Å². The monoisotopic (exact) mass is 336 g/mol. The van der Waals surface area contributed by atoms with Crippen LogP contribution in [-0.4, -0.2) is 41.6 Å². The van der Waals surface area contributed by atoms with Crippen LogP contribution in [0.2, 0.25) is 0 Å². The Labute approximate surface area is 140 Å². The Kier molecular flexibility index (Phi) is 4.26. The molecule has 3 fully saturated rings. The maximum absolute atomic E-state index is 13.4. The van der Waals surface area contributed by atoms with Gasteiger partial charge in [-0.25, -0.2) is 8.78 Å². The fourth-order valence-corrected chi connectivity index (χ4v) is 3.80. The molecule has 2 heterocycles. The standard InChI is InChI=1S/C18H22F2N2O2/c19-13-4-1-11(9-14(13)20)10-22-8-7-16-15(22)5-6-17(24-16)18(23)21-12-2-3-12/h1,4,9,12,15-17H,2-3,5-8,10H2,(H,21,23)/t15-,16-,17-/m1/s1. The van der Waals surface area contributed by atoms with Crippen LogP contribution in [0, 0.1) is 11.6 Å². The first-order chi connectivity index (χ1) is 11.6. The van der Waals surface area contributed by atoms with E-state index in [1.807, 2.05) is 0 Å². The highest BCUT2D eigenvalue weighted by Gasteiger charge is 2.42. The number of nitrogens with one attached hydrogen (secondary N) is 1. The van der Waals surface area contributed by atoms with E-state index in [2.05, 4.69) is 10.2 Å². The average molecular weight is 336 g/mol. The summed E-state index contributed by atoms with van der Waals surface area (Å²) in [4.78, 5) is 14.4. The van der Waals surface area contributed by atoms with Crippen LogP contribution in [0.25, 0.3) is 0 Å². The summed E-state index contributed by atoms with van der Waals surface area (Å²) in [6.45, 7) is 1.44. The van der Waals surface area contributed by atoms with Crippen molar-refractivity contribution < 1.29 is 18.3 Å². The number of benzene rings is 1. The molecule has 1 aromatic carbocycles. The van der Waals surface area contributed by atoms with Gasteiger partial charge in [-0.2, -0.15) is 0 Å². The lowest BCUT2D eigenvalue weighted by Crippen LogP contribution is -2.48. The molecule has 0 radical (unpaired) electrons. The van der Waals surface area contributed by atoms with Crippen molar-refractivity contribution in [1.29, 1.82) is 0 Å². The van der Waals surface area contributed by atoms with E-state index in [4.69, 9.17) is 4.74 Å². The van der Waals surface area contributed by atoms with Gasteiger partial charge >= 0.3 is 0 Å². The van der Waals surface area contributed by atoms with Crippen molar-refractivity contribution in [2.45, 2.75) is 62.9 Å². The smallest absolute Gasteiger partial charge is 0.249 e. The molecular formula is C18H22F2N2O2. The van der Waals surface area contributed by atoms with Crippen LogP contribution >= 0.6 is 0 Å². The maximum Gasteiger partial charge on any atom is 0.249 e. The van der Waals surface area contributed by atoms with Crippen molar-refractivity contribution in [1.82, 2.24) is 10.2 Å². The predicted molar refractivity (Wildman–Crippen MR) is 84.2 cm³/mol. The van der Waals surface area contributed by atoms with E-state index in [-0.39, 0.29) is 24.2 Å². The number of nitrogens with zero attached hydrogens (tertiary/aromatic N) is 1. The van der Waals surface area contributed by atoms with Gasteiger partial charge in [0.1, 0.15) is 6.10 Å². The van der Waals surface area contributed by atoms with Gasteiger partial charge < -0.3 is 10.1 Å². The van der Waals surface area contributed by atoms with Crippen molar-refractivity contribution in [2.24, 2.45) is 0 Å². The van der Waals surface area contributed by atoms with Gasteiger partial charge in [-0.15, -0.1) is 0 Å². The van der Waals surface area contributed by atoms with E-state index < -0.39 is 11.6 Å². The highest BCUT2D eigenvalue weighted by Crippen LogP contribution is 2.33. The van der Waals surface area contributed by atoms with E-state index in [1.54, 1.807) is 6.07 Å². The maximum atomic E-state index is 13.4. The molecule has 3 aliphatic rings. The van der Waals surface area contributed by atoms with Crippen molar-refractivity contribution in [3.05, 3.63) is 35.4 Å². The van der Waals surface area contributed by atoms with Crippen molar-refractivity contribution in [3.63, 3.8) is 0 Å². The van der Waals surface area contributed by atoms with Crippen molar-refractivity contribution >= 4 is 5.91 Å². The van der Waals surface area contributed by atoms with Gasteiger partial charge in [0.25, 0.3) is 0 Å². The van der Waals surface area contributed by atoms with Crippen LogP contribution in [0.15, 0.2) is 18.2 Å². The Morgan fingerprint density at radius 3 is 2.75 bits per heavy atom. The molecule has 1 amide bonds. The van der Waals surface area contributed by atoms with Gasteiger partial charge in [-0.1, -0.05) is 6.07 Å². The van der Waals surface area contributed by atoms with Gasteiger partial charge in [0, 0.05) is 25.2 Å². The summed E-state index contributed by atoms with van der Waals surface area (Å²) in [5.41, 5.74) is 0.767. The zero-order valence-corrected chi connectivity index (χ0v) is 13.5. The molecule has 1 aliphatic carbocycles. The molecule has 3 atom stereocenters. The Balaban J connectivity index is 1.35. The van der Waals surface area contributed by atoms with E-state index >= 15 is 0 Å². The van der Waals surface area contributed by atoms with Crippen LogP contribution in [0.5, 0.6) is 0 Å². The topological polar surface area (TPSA) is 41.6 Å². The summed E-state index contributed by atoms with van der Waals surface area (Å²) in [6.07, 6.45) is 4.36. The zero-order chi connectivity index (χ0) is 16.7. The first kappa shape index (κ1) is 16.0. The van der Waals surface area contributed by atoms with Crippen LogP contribution in [0.1, 0.15) is 37.7 Å². The Hall–Kier alpha value is -1.53. The van der Waals surface area contributed by atoms with Gasteiger partial charge in [0.15, 0.2) is 11.6 Å². The van der Waals surface area contributed by atoms with Crippen LogP contribution in [0.3, 0.4) is 0 Å². The Bertz CT molecular complexity index is 635. The molecule has 1 aromatic rings. The molecule has 0 aromatic heterocycles. The van der Waals surface area contributed by atoms with Crippen molar-refractivity contribution in [3.8, 4) is 0 Å². The number of hydrogen-bond acceptors (Lipinski definition) is 3. The molecule has 4 nitrogen and oxygen atoms in total. The molecule has 130 valence electrons. The van der Waals surface area contributed by atoms with Gasteiger partial charge in [-0.3, -0.25) is 9.69 Å². The largest absolute Gasteiger partial charge is 0.363 e. The number of rotatable bonds is 4. The van der Waals surface area contributed by atoms with E-state index in [0.29, 0.717) is 19.0 Å². The van der Waals surface area contributed by atoms with Crippen molar-refractivity contribution in [2.75, 3.05) is 6.54 Å². The molecule has 1 N–H and O–H groups in total. The van der Waals surface area contributed by atoms with E-state index in [1.165, 1.54) is 12.1 Å². The lowest BCUT2D eigenvalue weighted by molar-refractivity contribution is -0.144. The number of carbonyl (C=O) groups excluding carboxylic acids is 1. The lowest BCUT2D eigenvalue weighted by Gasteiger charge is -2.35. The molecule has 0 spiro atoms. The molecule has 0 unspecified atom stereocenters. The number of ether oxygens (including phenoxy) is 1. The number of likely N-dealkylation sites (tertiary alicyclic amines) is 1. The fourth-order valence-electron chi connectivity index (χ4n) is 3.80. The highest BCUT2D eigenvalue weighted by molar-refractivity contribution is 5.81. The highest BCUT2D eigenvalue weighted by atomic mass is 19.2. The molecule has 2 saturated heterocycles. The first-order valence-electron chi connectivity index (χ1n) is 8.74. The van der Waals surface area contributed by atoms with Gasteiger partial charge in [0.2, 0.25) is 5.91 Å². The number of fused-ring (bicyclic) bond motifs is 1. The molecule has 24 heavy (non-hydrogen) atoms. The summed E-state index contributed by atoms with van der Waals surface area (Å²) in [5.74, 6) is -1.60. The second kappa shape index (κ2) is 6.41. The second-order valence-electron chi connectivity index (χ2n) is 7.10. The zero-order valence-electron chi connectivity index (χ0n) is 13.5. The summed E-state index contributed by atoms with van der Waals surface area (Å²) < 4.78 is 32.4.